The summed E-state index contributed by atoms with van der Waals surface area (Å²) in [6, 6.07) is 0. The number of hydrogen-bond acceptors (Lipinski definition) is 3. The van der Waals surface area contributed by atoms with Gasteiger partial charge in [0.1, 0.15) is 0 Å². The maximum Gasteiger partial charge on any atom is 0.225 e. The van der Waals surface area contributed by atoms with E-state index in [-0.39, 0.29) is 5.92 Å². The molecule has 0 aromatic carbocycles. The predicted molar refractivity (Wildman–Crippen MR) is 59.2 cm³/mol. The van der Waals surface area contributed by atoms with Crippen molar-refractivity contribution < 1.29 is 9.53 Å². The molecule has 2 aliphatic rings. The van der Waals surface area contributed by atoms with Crippen LogP contribution >= 0.6 is 0 Å². The van der Waals surface area contributed by atoms with Crippen LogP contribution in [0.25, 0.3) is 0 Å². The quantitative estimate of drug-likeness (QED) is 0.666. The van der Waals surface area contributed by atoms with E-state index in [1.807, 2.05) is 4.90 Å². The molecule has 2 aliphatic heterocycles. The molecule has 2 fully saturated rings. The van der Waals surface area contributed by atoms with Crippen LogP contribution in [0.2, 0.25) is 0 Å². The van der Waals surface area contributed by atoms with Crippen molar-refractivity contribution >= 4 is 12.6 Å². The molecule has 0 aromatic rings. The van der Waals surface area contributed by atoms with Gasteiger partial charge in [0, 0.05) is 32.2 Å². The lowest BCUT2D eigenvalue weighted by Crippen LogP contribution is -2.36. The van der Waals surface area contributed by atoms with Crippen LogP contribution in [0.4, 0.5) is 0 Å². The smallest absolute Gasteiger partial charge is 0.225 e. The zero-order chi connectivity index (χ0) is 11.1. The Labute approximate surface area is 91.1 Å². The molecule has 1 N–H and O–H groups in total. The fourth-order valence-electron chi connectivity index (χ4n) is 2.14. The number of ether oxygens (including phenoxy) is 1. The van der Waals surface area contributed by atoms with Gasteiger partial charge in [-0.25, -0.2) is 0 Å². The largest absolute Gasteiger partial charge is 0.381 e. The van der Waals surface area contributed by atoms with Crippen molar-refractivity contribution in [1.82, 2.24) is 4.90 Å². The van der Waals surface area contributed by atoms with Gasteiger partial charge in [-0.2, -0.15) is 0 Å². The van der Waals surface area contributed by atoms with E-state index in [4.69, 9.17) is 10.1 Å². The minimum atomic E-state index is 0.256. The highest BCUT2D eigenvalue weighted by Crippen LogP contribution is 2.20. The summed E-state index contributed by atoms with van der Waals surface area (Å²) in [7, 11) is 0. The topological polar surface area (TPSA) is 53.4 Å². The van der Waals surface area contributed by atoms with Crippen LogP contribution in [0.15, 0.2) is 0 Å². The van der Waals surface area contributed by atoms with Crippen LogP contribution in [-0.4, -0.2) is 43.8 Å². The molecule has 0 aromatic heterocycles. The highest BCUT2D eigenvalue weighted by atomic mass is 16.5. The van der Waals surface area contributed by atoms with Crippen molar-refractivity contribution in [3.05, 3.63) is 0 Å². The Bertz CT molecular complexity index is 197. The first-order valence-electron chi connectivity index (χ1n) is 5.60. The van der Waals surface area contributed by atoms with E-state index in [2.05, 4.69) is 6.72 Å². The fraction of sp³-hybridized carbons (Fsp3) is 0.818. The number of likely N-dealkylation sites (tertiary alicyclic amines) is 1. The van der Waals surface area contributed by atoms with E-state index in [1.165, 1.54) is 12.8 Å². The summed E-state index contributed by atoms with van der Waals surface area (Å²) in [5.74, 6) is 0.632. The highest BCUT2D eigenvalue weighted by Gasteiger charge is 2.27. The zero-order valence-corrected chi connectivity index (χ0v) is 9.21. The third-order valence-corrected chi connectivity index (χ3v) is 2.99. The molecule has 0 aliphatic carbocycles. The monoisotopic (exact) mass is 212 g/mol. The van der Waals surface area contributed by atoms with Gasteiger partial charge in [-0.1, -0.05) is 0 Å². The molecule has 86 valence electrons. The summed E-state index contributed by atoms with van der Waals surface area (Å²) in [5.41, 5.74) is 0. The molecule has 0 saturated carbocycles. The van der Waals surface area contributed by atoms with Crippen LogP contribution < -0.4 is 0 Å². The van der Waals surface area contributed by atoms with E-state index in [0.717, 1.165) is 39.1 Å². The average Bonchev–Trinajstić information content (AvgIpc) is 2.85. The number of carbonyl (C=O) groups is 1. The lowest BCUT2D eigenvalue weighted by Gasteiger charge is -2.25. The normalized spacial score (nSPS) is 22.0. The molecule has 0 bridgehead atoms. The maximum atomic E-state index is 11.9. The average molecular weight is 212 g/mol. The summed E-state index contributed by atoms with van der Waals surface area (Å²) in [4.78, 5) is 13.9. The van der Waals surface area contributed by atoms with Crippen molar-refractivity contribution in [1.29, 1.82) is 5.41 Å². The first-order valence-corrected chi connectivity index (χ1v) is 5.60. The Morgan fingerprint density at radius 3 is 2.27 bits per heavy atom. The van der Waals surface area contributed by atoms with Gasteiger partial charge >= 0.3 is 0 Å². The second-order valence-corrected chi connectivity index (χ2v) is 3.92. The predicted octanol–water partition coefficient (Wildman–Crippen LogP) is 1.30. The van der Waals surface area contributed by atoms with E-state index < -0.39 is 0 Å². The second kappa shape index (κ2) is 6.56. The lowest BCUT2D eigenvalue weighted by molar-refractivity contribution is -0.137. The highest BCUT2D eigenvalue weighted by molar-refractivity contribution is 5.79. The number of nitrogens with zero attached hydrogens (tertiary/aromatic N) is 1. The standard InChI is InChI=1S/C10H17NO2.CH3N/c12-10(11-5-1-2-6-11)9-3-7-13-8-4-9;1-2/h9H,1-8H2;2H,1H2. The van der Waals surface area contributed by atoms with Crippen LogP contribution in [0.1, 0.15) is 25.7 Å². The lowest BCUT2D eigenvalue weighted by atomic mass is 9.99. The molecule has 2 saturated heterocycles. The Kier molecular flexibility index (Phi) is 5.32. The molecule has 0 unspecified atom stereocenters. The van der Waals surface area contributed by atoms with Crippen molar-refractivity contribution in [3.8, 4) is 0 Å². The minimum absolute atomic E-state index is 0.256. The number of amides is 1. The number of carbonyl (C=O) groups excluding carboxylic acids is 1. The molecule has 0 atom stereocenters. The molecule has 1 amide bonds. The van der Waals surface area contributed by atoms with Gasteiger partial charge in [0.15, 0.2) is 0 Å². The molecule has 15 heavy (non-hydrogen) atoms. The molecular weight excluding hydrogens is 192 g/mol. The Morgan fingerprint density at radius 2 is 1.73 bits per heavy atom. The third-order valence-electron chi connectivity index (χ3n) is 2.99. The van der Waals surface area contributed by atoms with Crippen LogP contribution in [0.3, 0.4) is 0 Å². The molecule has 4 heteroatoms. The number of rotatable bonds is 1. The summed E-state index contributed by atoms with van der Waals surface area (Å²) in [5, 5.41) is 5.50. The molecule has 0 radical (unpaired) electrons. The minimum Gasteiger partial charge on any atom is -0.381 e. The molecule has 2 rings (SSSR count). The van der Waals surface area contributed by atoms with Gasteiger partial charge in [-0.15, -0.1) is 0 Å². The van der Waals surface area contributed by atoms with Gasteiger partial charge in [-0.05, 0) is 32.4 Å². The summed E-state index contributed by atoms with van der Waals surface area (Å²) in [6.07, 6.45) is 4.23. The third kappa shape index (κ3) is 3.30. The zero-order valence-electron chi connectivity index (χ0n) is 9.21. The van der Waals surface area contributed by atoms with Crippen molar-refractivity contribution in [2.24, 2.45) is 5.92 Å². The van der Waals surface area contributed by atoms with Gasteiger partial charge in [0.05, 0.1) is 0 Å². The van der Waals surface area contributed by atoms with Crippen LogP contribution in [0.5, 0.6) is 0 Å². The summed E-state index contributed by atoms with van der Waals surface area (Å²) in [6.45, 7) is 6.00. The van der Waals surface area contributed by atoms with Gasteiger partial charge in [0.25, 0.3) is 0 Å². The van der Waals surface area contributed by atoms with E-state index in [1.54, 1.807) is 0 Å². The first-order chi connectivity index (χ1) is 7.38. The van der Waals surface area contributed by atoms with E-state index in [0.29, 0.717) is 5.91 Å². The van der Waals surface area contributed by atoms with Crippen molar-refractivity contribution in [2.75, 3.05) is 26.3 Å². The summed E-state index contributed by atoms with van der Waals surface area (Å²) >= 11 is 0. The number of hydrogen-bond donors (Lipinski definition) is 1. The Balaban J connectivity index is 0.000000531. The number of nitrogens with one attached hydrogen (secondary N) is 1. The van der Waals surface area contributed by atoms with E-state index in [9.17, 15) is 4.79 Å². The summed E-state index contributed by atoms with van der Waals surface area (Å²) < 4.78 is 5.24. The Morgan fingerprint density at radius 1 is 1.20 bits per heavy atom. The van der Waals surface area contributed by atoms with Gasteiger partial charge in [0.2, 0.25) is 5.91 Å². The van der Waals surface area contributed by atoms with Crippen molar-refractivity contribution in [2.45, 2.75) is 25.7 Å². The maximum absolute atomic E-state index is 11.9. The molecular formula is C11H20N2O2. The second-order valence-electron chi connectivity index (χ2n) is 3.92. The SMILES string of the molecule is C=N.O=C(C1CCOCC1)N1CCCC1. The van der Waals surface area contributed by atoms with Gasteiger partial charge < -0.3 is 15.0 Å². The first kappa shape index (κ1) is 12.2. The molecule has 2 heterocycles. The van der Waals surface area contributed by atoms with Crippen LogP contribution in [-0.2, 0) is 9.53 Å². The van der Waals surface area contributed by atoms with E-state index >= 15 is 0 Å². The molecule has 0 spiro atoms. The fourth-order valence-corrected chi connectivity index (χ4v) is 2.14. The van der Waals surface area contributed by atoms with Crippen LogP contribution in [0, 0.1) is 11.3 Å². The molecule has 4 nitrogen and oxygen atoms in total. The Hall–Kier alpha value is -0.900. The van der Waals surface area contributed by atoms with Crippen molar-refractivity contribution in [3.63, 3.8) is 0 Å². The van der Waals surface area contributed by atoms with Gasteiger partial charge in [-0.3, -0.25) is 4.79 Å².